The summed E-state index contributed by atoms with van der Waals surface area (Å²) in [4.78, 5) is 33.3. The molecule has 2 aromatic heterocycles. The van der Waals surface area contributed by atoms with Gasteiger partial charge in [0, 0.05) is 32.6 Å². The summed E-state index contributed by atoms with van der Waals surface area (Å²) in [5, 5.41) is 7.18. The molecule has 9 heteroatoms. The minimum atomic E-state index is -0.234. The van der Waals surface area contributed by atoms with Gasteiger partial charge >= 0.3 is 6.03 Å². The molecular formula is C21H31N5O3S. The van der Waals surface area contributed by atoms with Gasteiger partial charge in [-0.25, -0.2) is 9.78 Å². The summed E-state index contributed by atoms with van der Waals surface area (Å²) in [7, 11) is 0. The first kappa shape index (κ1) is 21.3. The van der Waals surface area contributed by atoms with Crippen molar-refractivity contribution in [3.05, 3.63) is 21.7 Å². The van der Waals surface area contributed by atoms with Gasteiger partial charge in [0.15, 0.2) is 0 Å². The third-order valence-corrected chi connectivity index (χ3v) is 7.20. The molecule has 0 radical (unpaired) electrons. The van der Waals surface area contributed by atoms with Gasteiger partial charge in [0.1, 0.15) is 15.7 Å². The minimum Gasteiger partial charge on any atom is -0.379 e. The van der Waals surface area contributed by atoms with E-state index < -0.39 is 0 Å². The lowest BCUT2D eigenvalue weighted by atomic mass is 10.0. The van der Waals surface area contributed by atoms with E-state index in [1.54, 1.807) is 0 Å². The number of rotatable bonds is 5. The Hall–Kier alpha value is -1.97. The Kier molecular flexibility index (Phi) is 6.70. The maximum absolute atomic E-state index is 13.1. The van der Waals surface area contributed by atoms with Crippen LogP contribution in [0.1, 0.15) is 37.6 Å². The molecule has 30 heavy (non-hydrogen) atoms. The molecule has 0 bridgehead atoms. The Balaban J connectivity index is 1.39. The lowest BCUT2D eigenvalue weighted by Crippen LogP contribution is -2.38. The SMILES string of the molecule is Cc1c(NC(=O)NCCCN2CCOCC2)sc2nc3n(c(=O)c12)CC[C@@H](C)CC3. The number of amides is 2. The number of fused-ring (bicyclic) bond motifs is 2. The second-order valence-corrected chi connectivity index (χ2v) is 9.34. The maximum Gasteiger partial charge on any atom is 0.319 e. The molecule has 2 aromatic rings. The first-order valence-electron chi connectivity index (χ1n) is 10.9. The Labute approximate surface area is 180 Å². The van der Waals surface area contributed by atoms with Crippen LogP contribution in [-0.2, 0) is 17.7 Å². The van der Waals surface area contributed by atoms with E-state index in [1.165, 1.54) is 11.3 Å². The number of thiophene rings is 1. The summed E-state index contributed by atoms with van der Waals surface area (Å²) in [6.45, 7) is 9.90. The van der Waals surface area contributed by atoms with Crippen molar-refractivity contribution in [1.29, 1.82) is 0 Å². The van der Waals surface area contributed by atoms with Crippen molar-refractivity contribution in [3.8, 4) is 0 Å². The molecule has 0 aliphatic carbocycles. The summed E-state index contributed by atoms with van der Waals surface area (Å²) >= 11 is 1.39. The van der Waals surface area contributed by atoms with E-state index in [0.717, 1.165) is 81.3 Å². The van der Waals surface area contributed by atoms with Gasteiger partial charge in [0.05, 0.1) is 18.6 Å². The van der Waals surface area contributed by atoms with Crippen LogP contribution in [0.5, 0.6) is 0 Å². The standard InChI is InChI=1S/C21H31N5O3S/c1-14-4-5-16-23-19-17(20(27)26(16)9-6-14)15(2)18(30-19)24-21(28)22-7-3-8-25-10-12-29-13-11-25/h14H,3-13H2,1-2H3,(H2,22,24,28)/t14-/m0/s1. The fourth-order valence-corrected chi connectivity index (χ4v) is 5.23. The van der Waals surface area contributed by atoms with Gasteiger partial charge in [-0.2, -0.15) is 0 Å². The highest BCUT2D eigenvalue weighted by Crippen LogP contribution is 2.32. The van der Waals surface area contributed by atoms with E-state index >= 15 is 0 Å². The van der Waals surface area contributed by atoms with E-state index in [2.05, 4.69) is 22.5 Å². The largest absolute Gasteiger partial charge is 0.379 e. The van der Waals surface area contributed by atoms with E-state index in [0.29, 0.717) is 22.8 Å². The Morgan fingerprint density at radius 1 is 1.27 bits per heavy atom. The number of nitrogens with zero attached hydrogens (tertiary/aromatic N) is 3. The summed E-state index contributed by atoms with van der Waals surface area (Å²) in [6.07, 6.45) is 3.78. The normalized spacial score (nSPS) is 20.0. The number of nitrogens with one attached hydrogen (secondary N) is 2. The van der Waals surface area contributed by atoms with E-state index in [4.69, 9.17) is 9.72 Å². The lowest BCUT2D eigenvalue weighted by Gasteiger charge is -2.26. The third kappa shape index (κ3) is 4.68. The Bertz CT molecular complexity index is 964. The zero-order chi connectivity index (χ0) is 21.1. The van der Waals surface area contributed by atoms with Crippen molar-refractivity contribution in [2.45, 2.75) is 46.1 Å². The quantitative estimate of drug-likeness (QED) is 0.708. The smallest absolute Gasteiger partial charge is 0.319 e. The van der Waals surface area contributed by atoms with Crippen LogP contribution in [0.4, 0.5) is 9.80 Å². The highest BCUT2D eigenvalue weighted by molar-refractivity contribution is 7.22. The predicted octanol–water partition coefficient (Wildman–Crippen LogP) is 2.58. The number of carbonyl (C=O) groups is 1. The first-order chi connectivity index (χ1) is 14.5. The van der Waals surface area contributed by atoms with Crippen molar-refractivity contribution in [1.82, 2.24) is 19.8 Å². The van der Waals surface area contributed by atoms with Crippen LogP contribution in [0.25, 0.3) is 10.2 Å². The van der Waals surface area contributed by atoms with Crippen LogP contribution in [0.15, 0.2) is 4.79 Å². The molecule has 4 rings (SSSR count). The number of anilines is 1. The van der Waals surface area contributed by atoms with Gasteiger partial charge in [-0.1, -0.05) is 18.3 Å². The fraction of sp³-hybridized carbons (Fsp3) is 0.667. The van der Waals surface area contributed by atoms with Gasteiger partial charge in [0.25, 0.3) is 5.56 Å². The highest BCUT2D eigenvalue weighted by Gasteiger charge is 2.21. The number of ether oxygens (including phenoxy) is 1. The second kappa shape index (κ2) is 9.45. The van der Waals surface area contributed by atoms with Crippen molar-refractivity contribution >= 4 is 32.6 Å². The summed E-state index contributed by atoms with van der Waals surface area (Å²) in [5.74, 6) is 1.48. The number of carbonyl (C=O) groups excluding carboxylic acids is 1. The van der Waals surface area contributed by atoms with E-state index in [-0.39, 0.29) is 11.6 Å². The van der Waals surface area contributed by atoms with Gasteiger partial charge in [-0.15, -0.1) is 0 Å². The fourth-order valence-electron chi connectivity index (χ4n) is 4.15. The molecule has 2 aliphatic heterocycles. The molecule has 1 fully saturated rings. The molecule has 2 N–H and O–H groups in total. The zero-order valence-electron chi connectivity index (χ0n) is 17.8. The molecule has 1 saturated heterocycles. The monoisotopic (exact) mass is 433 g/mol. The molecule has 164 valence electrons. The van der Waals surface area contributed by atoms with Crippen LogP contribution >= 0.6 is 11.3 Å². The molecule has 8 nitrogen and oxygen atoms in total. The third-order valence-electron chi connectivity index (χ3n) is 6.10. The Morgan fingerprint density at radius 2 is 2.07 bits per heavy atom. The minimum absolute atomic E-state index is 0.0248. The summed E-state index contributed by atoms with van der Waals surface area (Å²) < 4.78 is 7.18. The van der Waals surface area contributed by atoms with Gasteiger partial charge in [-0.3, -0.25) is 19.6 Å². The van der Waals surface area contributed by atoms with Crippen LogP contribution in [0.3, 0.4) is 0 Å². The van der Waals surface area contributed by atoms with E-state index in [9.17, 15) is 9.59 Å². The predicted molar refractivity (Wildman–Crippen MR) is 120 cm³/mol. The van der Waals surface area contributed by atoms with Crippen molar-refractivity contribution in [2.75, 3.05) is 44.7 Å². The first-order valence-corrected chi connectivity index (χ1v) is 11.7. The van der Waals surface area contributed by atoms with Crippen molar-refractivity contribution < 1.29 is 9.53 Å². The molecule has 0 spiro atoms. The second-order valence-electron chi connectivity index (χ2n) is 8.34. The molecule has 2 aliphatic rings. The molecule has 0 saturated carbocycles. The summed E-state index contributed by atoms with van der Waals surface area (Å²) in [5.41, 5.74) is 0.834. The molecule has 1 atom stereocenters. The number of aryl methyl sites for hydroxylation is 2. The number of aromatic nitrogens is 2. The Morgan fingerprint density at radius 3 is 2.87 bits per heavy atom. The topological polar surface area (TPSA) is 88.5 Å². The molecule has 4 heterocycles. The number of urea groups is 1. The number of hydrogen-bond donors (Lipinski definition) is 2. The molecular weight excluding hydrogens is 402 g/mol. The average molecular weight is 434 g/mol. The molecule has 0 aromatic carbocycles. The van der Waals surface area contributed by atoms with Crippen molar-refractivity contribution in [2.24, 2.45) is 5.92 Å². The lowest BCUT2D eigenvalue weighted by molar-refractivity contribution is 0.0375. The van der Waals surface area contributed by atoms with Gasteiger partial charge in [0.2, 0.25) is 0 Å². The maximum atomic E-state index is 13.1. The summed E-state index contributed by atoms with van der Waals surface area (Å²) in [6, 6.07) is -0.234. The zero-order valence-corrected chi connectivity index (χ0v) is 18.6. The van der Waals surface area contributed by atoms with Crippen molar-refractivity contribution in [3.63, 3.8) is 0 Å². The van der Waals surface area contributed by atoms with Gasteiger partial charge in [-0.05, 0) is 44.2 Å². The highest BCUT2D eigenvalue weighted by atomic mass is 32.1. The number of hydrogen-bond acceptors (Lipinski definition) is 6. The van der Waals surface area contributed by atoms with Crippen LogP contribution in [0.2, 0.25) is 0 Å². The van der Waals surface area contributed by atoms with Crippen LogP contribution < -0.4 is 16.2 Å². The molecule has 2 amide bonds. The molecule has 0 unspecified atom stereocenters. The van der Waals surface area contributed by atoms with Crippen LogP contribution in [-0.4, -0.2) is 59.9 Å². The van der Waals surface area contributed by atoms with E-state index in [1.807, 2.05) is 11.5 Å². The van der Waals surface area contributed by atoms with Gasteiger partial charge < -0.3 is 10.1 Å². The number of morpholine rings is 1. The average Bonchev–Trinajstić information content (AvgIpc) is 2.91. The van der Waals surface area contributed by atoms with Crippen LogP contribution in [0, 0.1) is 12.8 Å².